The van der Waals surface area contributed by atoms with E-state index < -0.39 is 0 Å². The summed E-state index contributed by atoms with van der Waals surface area (Å²) in [4.78, 5) is 21.9. The maximum atomic E-state index is 11.4. The lowest BCUT2D eigenvalue weighted by Crippen LogP contribution is -2.15. The first-order valence-electron chi connectivity index (χ1n) is 14.2. The molecule has 1 aromatic heterocycles. The number of esters is 1. The summed E-state index contributed by atoms with van der Waals surface area (Å²) in [5, 5.41) is 4.70. The minimum atomic E-state index is -0.367. The number of anilines is 2. The molecule has 1 saturated carbocycles. The van der Waals surface area contributed by atoms with Gasteiger partial charge in [-0.15, -0.1) is 0 Å². The number of carbonyl (C=O) groups excluding carboxylic acids is 1. The van der Waals surface area contributed by atoms with Crippen LogP contribution in [-0.2, 0) is 9.53 Å². The molecule has 2 aromatic carbocycles. The molecule has 200 valence electrons. The van der Waals surface area contributed by atoms with E-state index in [-0.39, 0.29) is 5.97 Å². The number of hydrogen-bond donors (Lipinski definition) is 1. The van der Waals surface area contributed by atoms with Crippen molar-refractivity contribution < 1.29 is 9.53 Å². The Labute approximate surface area is 227 Å². The molecule has 0 bridgehead atoms. The van der Waals surface area contributed by atoms with Gasteiger partial charge in [0.2, 0.25) is 0 Å². The summed E-state index contributed by atoms with van der Waals surface area (Å²) in [6.45, 7) is 4.42. The average Bonchev–Trinajstić information content (AvgIpc) is 3.08. The smallest absolute Gasteiger partial charge is 0.330 e. The summed E-state index contributed by atoms with van der Waals surface area (Å²) >= 11 is 0. The first-order chi connectivity index (χ1) is 18.6. The Morgan fingerprint density at radius 1 is 1.03 bits per heavy atom. The minimum absolute atomic E-state index is 0.367. The van der Waals surface area contributed by atoms with Crippen molar-refractivity contribution in [1.82, 2.24) is 4.98 Å². The van der Waals surface area contributed by atoms with Crippen LogP contribution in [0.5, 0.6) is 0 Å². The lowest BCUT2D eigenvalue weighted by molar-refractivity contribution is -0.134. The SMILES string of the molecule is CCCC(=Nc1c(Nc2ccc(/C=C/C(=O)OC)cc2)nc2ccccc2c1C)C1CCCCCCCC1. The van der Waals surface area contributed by atoms with Crippen LogP contribution in [0.2, 0.25) is 0 Å². The van der Waals surface area contributed by atoms with E-state index in [1.165, 1.54) is 70.3 Å². The zero-order valence-electron chi connectivity index (χ0n) is 23.1. The zero-order chi connectivity index (χ0) is 26.7. The van der Waals surface area contributed by atoms with Crippen molar-refractivity contribution in [3.05, 3.63) is 65.7 Å². The van der Waals surface area contributed by atoms with Gasteiger partial charge in [-0.25, -0.2) is 9.78 Å². The Bertz CT molecular complexity index is 1270. The van der Waals surface area contributed by atoms with Crippen LogP contribution in [0.1, 0.15) is 82.3 Å². The molecule has 3 aromatic rings. The van der Waals surface area contributed by atoms with Gasteiger partial charge in [0.25, 0.3) is 0 Å². The fourth-order valence-corrected chi connectivity index (χ4v) is 5.35. The van der Waals surface area contributed by atoms with Gasteiger partial charge >= 0.3 is 5.97 Å². The fraction of sp³-hybridized carbons (Fsp3) is 0.424. The van der Waals surface area contributed by atoms with Crippen molar-refractivity contribution in [2.45, 2.75) is 78.1 Å². The predicted octanol–water partition coefficient (Wildman–Crippen LogP) is 9.10. The van der Waals surface area contributed by atoms with E-state index in [2.05, 4.69) is 42.1 Å². The molecule has 0 saturated heterocycles. The van der Waals surface area contributed by atoms with Gasteiger partial charge in [0.1, 0.15) is 5.69 Å². The maximum absolute atomic E-state index is 11.4. The van der Waals surface area contributed by atoms with Crippen LogP contribution in [0.25, 0.3) is 17.0 Å². The highest BCUT2D eigenvalue weighted by Crippen LogP contribution is 2.37. The van der Waals surface area contributed by atoms with Crippen LogP contribution in [0, 0.1) is 12.8 Å². The van der Waals surface area contributed by atoms with Crippen LogP contribution in [0.15, 0.2) is 59.6 Å². The molecule has 1 fully saturated rings. The molecule has 4 rings (SSSR count). The van der Waals surface area contributed by atoms with Crippen molar-refractivity contribution in [1.29, 1.82) is 0 Å². The van der Waals surface area contributed by atoms with Gasteiger partial charge in [0, 0.05) is 22.9 Å². The topological polar surface area (TPSA) is 63.6 Å². The fourth-order valence-electron chi connectivity index (χ4n) is 5.35. The van der Waals surface area contributed by atoms with Gasteiger partial charge in [-0.3, -0.25) is 4.99 Å². The molecule has 0 amide bonds. The predicted molar refractivity (Wildman–Crippen MR) is 160 cm³/mol. The number of aryl methyl sites for hydroxylation is 1. The van der Waals surface area contributed by atoms with E-state index in [0.29, 0.717) is 5.92 Å². The minimum Gasteiger partial charge on any atom is -0.466 e. The number of aliphatic imine (C=N–C) groups is 1. The number of carbonyl (C=O) groups is 1. The van der Waals surface area contributed by atoms with Crippen LogP contribution < -0.4 is 5.32 Å². The van der Waals surface area contributed by atoms with Gasteiger partial charge in [-0.2, -0.15) is 0 Å². The number of hydrogen-bond acceptors (Lipinski definition) is 5. The lowest BCUT2D eigenvalue weighted by Gasteiger charge is -2.21. The van der Waals surface area contributed by atoms with Gasteiger partial charge in [0.05, 0.1) is 12.6 Å². The second-order valence-corrected chi connectivity index (χ2v) is 10.3. The second-order valence-electron chi connectivity index (χ2n) is 10.3. The number of methoxy groups -OCH3 is 1. The number of fused-ring (bicyclic) bond motifs is 1. The number of aromatic nitrogens is 1. The van der Waals surface area contributed by atoms with Crippen LogP contribution >= 0.6 is 0 Å². The number of benzene rings is 2. The summed E-state index contributed by atoms with van der Waals surface area (Å²) in [5.41, 5.74) is 6.25. The van der Waals surface area contributed by atoms with Crippen molar-refractivity contribution in [3.8, 4) is 0 Å². The molecule has 0 aliphatic heterocycles. The summed E-state index contributed by atoms with van der Waals surface area (Å²) in [6, 6.07) is 16.3. The third-order valence-corrected chi connectivity index (χ3v) is 7.49. The molecule has 0 spiro atoms. The highest BCUT2D eigenvalue weighted by Gasteiger charge is 2.19. The monoisotopic (exact) mass is 511 g/mol. The van der Waals surface area contributed by atoms with Crippen LogP contribution in [0.4, 0.5) is 17.2 Å². The number of rotatable bonds is 8. The van der Waals surface area contributed by atoms with Crippen molar-refractivity contribution in [2.24, 2.45) is 10.9 Å². The van der Waals surface area contributed by atoms with Gasteiger partial charge in [-0.05, 0) is 67.5 Å². The molecule has 0 unspecified atom stereocenters. The summed E-state index contributed by atoms with van der Waals surface area (Å²) < 4.78 is 4.69. The number of ether oxygens (including phenoxy) is 1. The van der Waals surface area contributed by atoms with E-state index in [1.807, 2.05) is 30.3 Å². The number of pyridine rings is 1. The van der Waals surface area contributed by atoms with E-state index in [4.69, 9.17) is 9.98 Å². The molecule has 1 aliphatic rings. The quantitative estimate of drug-likeness (QED) is 0.186. The number of para-hydroxylation sites is 1. The molecular formula is C33H41N3O2. The van der Waals surface area contributed by atoms with Crippen LogP contribution in [0.3, 0.4) is 0 Å². The molecule has 0 atom stereocenters. The van der Waals surface area contributed by atoms with E-state index >= 15 is 0 Å². The van der Waals surface area contributed by atoms with Crippen LogP contribution in [-0.4, -0.2) is 23.8 Å². The number of nitrogens with one attached hydrogen (secondary N) is 1. The Morgan fingerprint density at radius 3 is 2.39 bits per heavy atom. The molecular weight excluding hydrogens is 470 g/mol. The molecule has 1 heterocycles. The highest BCUT2D eigenvalue weighted by molar-refractivity contribution is 5.96. The summed E-state index contributed by atoms with van der Waals surface area (Å²) in [7, 11) is 1.38. The first-order valence-corrected chi connectivity index (χ1v) is 14.2. The Balaban J connectivity index is 1.71. The van der Waals surface area contributed by atoms with Gasteiger partial charge < -0.3 is 10.1 Å². The van der Waals surface area contributed by atoms with Crippen molar-refractivity contribution in [2.75, 3.05) is 12.4 Å². The lowest BCUT2D eigenvalue weighted by atomic mass is 9.89. The average molecular weight is 512 g/mol. The summed E-state index contributed by atoms with van der Waals surface area (Å²) in [5.74, 6) is 0.969. The molecule has 1 aliphatic carbocycles. The normalized spacial score (nSPS) is 15.7. The molecule has 38 heavy (non-hydrogen) atoms. The van der Waals surface area contributed by atoms with E-state index in [9.17, 15) is 4.79 Å². The zero-order valence-corrected chi connectivity index (χ0v) is 23.1. The van der Waals surface area contributed by atoms with Crippen molar-refractivity contribution in [3.63, 3.8) is 0 Å². The highest BCUT2D eigenvalue weighted by atomic mass is 16.5. The van der Waals surface area contributed by atoms with Gasteiger partial charge in [0.15, 0.2) is 5.82 Å². The molecule has 0 radical (unpaired) electrons. The largest absolute Gasteiger partial charge is 0.466 e. The van der Waals surface area contributed by atoms with Gasteiger partial charge in [-0.1, -0.05) is 82.2 Å². The third kappa shape index (κ3) is 7.31. The van der Waals surface area contributed by atoms with Crippen molar-refractivity contribution >= 4 is 45.9 Å². The Morgan fingerprint density at radius 2 is 1.71 bits per heavy atom. The maximum Gasteiger partial charge on any atom is 0.330 e. The standard InChI is InChI=1S/C33H41N3O2/c1-4-13-29(26-14-9-7-5-6-8-10-15-26)35-32-24(2)28-16-11-12-17-30(28)36-33(32)34-27-21-18-25(19-22-27)20-23-31(37)38-3/h11-12,16-23,26H,4-10,13-15H2,1-3H3,(H,34,36)/b23-20+,35-29?. The number of nitrogens with zero attached hydrogens (tertiary/aromatic N) is 2. The third-order valence-electron chi connectivity index (χ3n) is 7.49. The molecule has 5 heteroatoms. The Kier molecular flexibility index (Phi) is 10.1. The second kappa shape index (κ2) is 13.9. The van der Waals surface area contributed by atoms with E-state index in [1.54, 1.807) is 6.08 Å². The molecule has 1 N–H and O–H groups in total. The first kappa shape index (κ1) is 27.6. The van der Waals surface area contributed by atoms with E-state index in [0.717, 1.165) is 52.1 Å². The summed E-state index contributed by atoms with van der Waals surface area (Å²) in [6.07, 6.45) is 15.8. The molecule has 5 nitrogen and oxygen atoms in total. The Hall–Kier alpha value is -3.47.